The van der Waals surface area contributed by atoms with Gasteiger partial charge < -0.3 is 19.3 Å². The highest BCUT2D eigenvalue weighted by Gasteiger charge is 2.44. The molecule has 1 saturated carbocycles. The van der Waals surface area contributed by atoms with Gasteiger partial charge in [-0.2, -0.15) is 0 Å². The molecule has 0 unspecified atom stereocenters. The average Bonchev–Trinajstić information content (AvgIpc) is 2.96. The van der Waals surface area contributed by atoms with Gasteiger partial charge in [-0.1, -0.05) is 39.3 Å². The standard InChI is InChI=1S/C23H32O6/c1-13(19(25)26)17-16(23(5)11-7-10-22(3,4)12-23)9-8-15-18(17)21(27-6)29-20(15)28-14(2)24/h8-9,13,20-21H,7,10-12H2,1-6H3,(H,25,26)/t13-,20-,21+,23+/m1/s1. The minimum atomic E-state index is -0.899. The number of carboxylic acids is 1. The minimum Gasteiger partial charge on any atom is -0.481 e. The molecule has 6 nitrogen and oxygen atoms in total. The fourth-order valence-electron chi connectivity index (χ4n) is 5.33. The van der Waals surface area contributed by atoms with E-state index in [4.69, 9.17) is 14.2 Å². The van der Waals surface area contributed by atoms with Gasteiger partial charge in [0.25, 0.3) is 0 Å². The van der Waals surface area contributed by atoms with Gasteiger partial charge in [-0.05, 0) is 48.1 Å². The number of carbonyl (C=O) groups is 2. The van der Waals surface area contributed by atoms with Crippen molar-refractivity contribution < 1.29 is 28.9 Å². The Bertz CT molecular complexity index is 814. The van der Waals surface area contributed by atoms with E-state index >= 15 is 0 Å². The zero-order chi connectivity index (χ0) is 21.6. The molecule has 160 valence electrons. The molecule has 0 amide bonds. The summed E-state index contributed by atoms with van der Waals surface area (Å²) in [5.74, 6) is -2.10. The third-order valence-electron chi connectivity index (χ3n) is 6.45. The molecule has 2 aliphatic rings. The average molecular weight is 405 g/mol. The lowest BCUT2D eigenvalue weighted by Gasteiger charge is -2.44. The maximum absolute atomic E-state index is 12.1. The Kier molecular flexibility index (Phi) is 5.80. The first-order valence-corrected chi connectivity index (χ1v) is 10.2. The smallest absolute Gasteiger partial charge is 0.310 e. The van der Waals surface area contributed by atoms with E-state index < -0.39 is 30.4 Å². The third kappa shape index (κ3) is 4.05. The van der Waals surface area contributed by atoms with Crippen LogP contribution in [0.1, 0.15) is 101 Å². The van der Waals surface area contributed by atoms with E-state index in [1.165, 1.54) is 14.0 Å². The second-order valence-electron chi connectivity index (χ2n) is 9.49. The molecule has 1 aliphatic carbocycles. The van der Waals surface area contributed by atoms with Gasteiger partial charge in [0.15, 0.2) is 6.29 Å². The summed E-state index contributed by atoms with van der Waals surface area (Å²) in [6.45, 7) is 9.80. The van der Waals surface area contributed by atoms with E-state index in [0.717, 1.165) is 36.8 Å². The first kappa shape index (κ1) is 21.8. The molecule has 6 heteroatoms. The molecule has 29 heavy (non-hydrogen) atoms. The van der Waals surface area contributed by atoms with Crippen molar-refractivity contribution in [2.45, 2.75) is 84.2 Å². The van der Waals surface area contributed by atoms with Crippen LogP contribution in [0.2, 0.25) is 0 Å². The summed E-state index contributed by atoms with van der Waals surface area (Å²) in [6.07, 6.45) is 2.57. The van der Waals surface area contributed by atoms with Crippen LogP contribution in [-0.4, -0.2) is 24.2 Å². The van der Waals surface area contributed by atoms with Crippen LogP contribution in [0, 0.1) is 5.41 Å². The lowest BCUT2D eigenvalue weighted by atomic mass is 9.60. The highest BCUT2D eigenvalue weighted by atomic mass is 16.8. The molecule has 1 aliphatic heterocycles. The first-order valence-electron chi connectivity index (χ1n) is 10.2. The highest BCUT2D eigenvalue weighted by Crippen LogP contribution is 2.53. The lowest BCUT2D eigenvalue weighted by Crippen LogP contribution is -2.36. The molecule has 0 spiro atoms. The molecule has 0 bridgehead atoms. The van der Waals surface area contributed by atoms with Gasteiger partial charge in [0, 0.05) is 25.2 Å². The van der Waals surface area contributed by atoms with Crippen molar-refractivity contribution in [1.82, 2.24) is 0 Å². The van der Waals surface area contributed by atoms with Crippen LogP contribution in [0.15, 0.2) is 12.1 Å². The van der Waals surface area contributed by atoms with Gasteiger partial charge in [-0.3, -0.25) is 9.59 Å². The van der Waals surface area contributed by atoms with E-state index in [9.17, 15) is 14.7 Å². The predicted molar refractivity (Wildman–Crippen MR) is 107 cm³/mol. The van der Waals surface area contributed by atoms with Gasteiger partial charge in [0.05, 0.1) is 5.92 Å². The predicted octanol–water partition coefficient (Wildman–Crippen LogP) is 4.97. The minimum absolute atomic E-state index is 0.145. The topological polar surface area (TPSA) is 82.1 Å². The number of fused-ring (bicyclic) bond motifs is 1. The number of methoxy groups -OCH3 is 1. The van der Waals surface area contributed by atoms with Crippen LogP contribution >= 0.6 is 0 Å². The summed E-state index contributed by atoms with van der Waals surface area (Å²) in [4.78, 5) is 23.6. The molecular weight excluding hydrogens is 372 g/mol. The number of carboxylic acid groups (broad SMARTS) is 1. The quantitative estimate of drug-likeness (QED) is 0.698. The number of benzene rings is 1. The first-order chi connectivity index (χ1) is 13.5. The summed E-state index contributed by atoms with van der Waals surface area (Å²) >= 11 is 0. The van der Waals surface area contributed by atoms with E-state index in [0.29, 0.717) is 11.1 Å². The second kappa shape index (κ2) is 7.73. The monoisotopic (exact) mass is 404 g/mol. The zero-order valence-electron chi connectivity index (χ0n) is 18.2. The van der Waals surface area contributed by atoms with Crippen LogP contribution < -0.4 is 0 Å². The zero-order valence-corrected chi connectivity index (χ0v) is 18.2. The Balaban J connectivity index is 2.21. The maximum atomic E-state index is 12.1. The number of esters is 1. The molecule has 4 atom stereocenters. The molecule has 1 aromatic carbocycles. The molecule has 1 aromatic rings. The third-order valence-corrected chi connectivity index (χ3v) is 6.45. The lowest BCUT2D eigenvalue weighted by molar-refractivity contribution is -0.224. The Hall–Kier alpha value is -1.92. The summed E-state index contributed by atoms with van der Waals surface area (Å²) in [7, 11) is 1.51. The van der Waals surface area contributed by atoms with E-state index in [2.05, 4.69) is 20.8 Å². The molecule has 0 aromatic heterocycles. The van der Waals surface area contributed by atoms with E-state index in [1.807, 2.05) is 12.1 Å². The number of hydrogen-bond donors (Lipinski definition) is 1. The summed E-state index contributed by atoms with van der Waals surface area (Å²) < 4.78 is 16.7. The fraction of sp³-hybridized carbons (Fsp3) is 0.652. The molecular formula is C23H32O6. The maximum Gasteiger partial charge on any atom is 0.310 e. The molecule has 1 fully saturated rings. The van der Waals surface area contributed by atoms with E-state index in [-0.39, 0.29) is 10.8 Å². The van der Waals surface area contributed by atoms with Gasteiger partial charge in [-0.25, -0.2) is 0 Å². The van der Waals surface area contributed by atoms with Crippen molar-refractivity contribution >= 4 is 11.9 Å². The van der Waals surface area contributed by atoms with E-state index in [1.54, 1.807) is 6.92 Å². The van der Waals surface area contributed by atoms with Gasteiger partial charge in [-0.15, -0.1) is 0 Å². The Morgan fingerprint density at radius 1 is 1.21 bits per heavy atom. The summed E-state index contributed by atoms with van der Waals surface area (Å²) in [6, 6.07) is 3.91. The largest absolute Gasteiger partial charge is 0.481 e. The SMILES string of the molecule is CO[C@H]1O[C@@H](OC(C)=O)c2ccc([C@@]3(C)CCCC(C)(C)C3)c([C@@H](C)C(=O)O)c21. The number of carbonyl (C=O) groups excluding carboxylic acids is 1. The van der Waals surface area contributed by atoms with Crippen LogP contribution in [0.4, 0.5) is 0 Å². The fourth-order valence-corrected chi connectivity index (χ4v) is 5.33. The Morgan fingerprint density at radius 2 is 1.90 bits per heavy atom. The van der Waals surface area contributed by atoms with Crippen LogP contribution in [0.5, 0.6) is 0 Å². The van der Waals surface area contributed by atoms with Gasteiger partial charge >= 0.3 is 11.9 Å². The molecule has 3 rings (SSSR count). The number of aliphatic carboxylic acids is 1. The van der Waals surface area contributed by atoms with Crippen LogP contribution in [-0.2, 0) is 29.2 Å². The van der Waals surface area contributed by atoms with Crippen molar-refractivity contribution in [2.75, 3.05) is 7.11 Å². The van der Waals surface area contributed by atoms with Crippen LogP contribution in [0.25, 0.3) is 0 Å². The van der Waals surface area contributed by atoms with Crippen LogP contribution in [0.3, 0.4) is 0 Å². The second-order valence-corrected chi connectivity index (χ2v) is 9.49. The number of hydrogen-bond acceptors (Lipinski definition) is 5. The molecule has 0 radical (unpaired) electrons. The van der Waals surface area contributed by atoms with Crippen molar-refractivity contribution in [3.8, 4) is 0 Å². The molecule has 1 heterocycles. The summed E-state index contributed by atoms with van der Waals surface area (Å²) in [5.41, 5.74) is 3.17. The number of rotatable bonds is 5. The number of ether oxygens (including phenoxy) is 3. The van der Waals surface area contributed by atoms with Crippen molar-refractivity contribution in [3.63, 3.8) is 0 Å². The van der Waals surface area contributed by atoms with Crippen molar-refractivity contribution in [3.05, 3.63) is 34.4 Å². The van der Waals surface area contributed by atoms with Crippen molar-refractivity contribution in [2.24, 2.45) is 5.41 Å². The Labute approximate surface area is 172 Å². The Morgan fingerprint density at radius 3 is 2.45 bits per heavy atom. The van der Waals surface area contributed by atoms with Gasteiger partial charge in [0.2, 0.25) is 6.29 Å². The van der Waals surface area contributed by atoms with Gasteiger partial charge in [0.1, 0.15) is 0 Å². The molecule has 1 N–H and O–H groups in total. The molecule has 0 saturated heterocycles. The normalized spacial score (nSPS) is 29.2. The summed E-state index contributed by atoms with van der Waals surface area (Å²) in [5, 5.41) is 9.88. The highest BCUT2D eigenvalue weighted by molar-refractivity contribution is 5.77. The van der Waals surface area contributed by atoms with Crippen molar-refractivity contribution in [1.29, 1.82) is 0 Å².